The van der Waals surface area contributed by atoms with E-state index in [0.29, 0.717) is 24.7 Å². The highest BCUT2D eigenvalue weighted by atomic mass is 16.5. The number of para-hydroxylation sites is 1. The minimum atomic E-state index is 0.0295. The van der Waals surface area contributed by atoms with Crippen LogP contribution in [0.5, 0.6) is 11.5 Å². The molecule has 5 rings (SSSR count). The summed E-state index contributed by atoms with van der Waals surface area (Å²) in [5, 5.41) is 0.921. The SMILES string of the molecule is COc1ccc(/C=C2\CCc3c2nc2ccccc2c3C(=O)N2CC(C)OCC2C)cc1OC. The normalized spacial score (nSPS) is 21.1. The summed E-state index contributed by atoms with van der Waals surface area (Å²) >= 11 is 0. The van der Waals surface area contributed by atoms with E-state index in [2.05, 4.69) is 13.0 Å². The van der Waals surface area contributed by atoms with Crippen LogP contribution in [0.4, 0.5) is 0 Å². The van der Waals surface area contributed by atoms with Gasteiger partial charge in [0.25, 0.3) is 5.91 Å². The molecule has 34 heavy (non-hydrogen) atoms. The van der Waals surface area contributed by atoms with E-state index in [1.807, 2.05) is 54.3 Å². The Hall–Kier alpha value is -3.38. The zero-order valence-electron chi connectivity index (χ0n) is 20.1. The van der Waals surface area contributed by atoms with E-state index in [1.165, 1.54) is 0 Å². The Labute approximate surface area is 200 Å². The number of hydrogen-bond acceptors (Lipinski definition) is 5. The third-order valence-corrected chi connectivity index (χ3v) is 6.77. The second-order valence-electron chi connectivity index (χ2n) is 9.07. The summed E-state index contributed by atoms with van der Waals surface area (Å²) in [4.78, 5) is 20.9. The molecule has 1 amide bonds. The first-order valence-corrected chi connectivity index (χ1v) is 11.8. The molecule has 0 saturated carbocycles. The number of aromatic nitrogens is 1. The van der Waals surface area contributed by atoms with E-state index in [1.54, 1.807) is 14.2 Å². The second-order valence-corrected chi connectivity index (χ2v) is 9.07. The summed E-state index contributed by atoms with van der Waals surface area (Å²) in [5.41, 5.74) is 5.74. The standard InChI is InChI=1S/C28H30N2O4/c1-17-16-34-18(2)15-30(17)28(31)26-21-7-5-6-8-23(21)29-27-20(10-11-22(26)27)13-19-9-12-24(32-3)25(14-19)33-4/h5-9,12-14,17-18H,10-11,15-16H2,1-4H3/b20-13+. The van der Waals surface area contributed by atoms with E-state index in [9.17, 15) is 4.79 Å². The van der Waals surface area contributed by atoms with E-state index < -0.39 is 0 Å². The topological polar surface area (TPSA) is 60.9 Å². The molecule has 0 bridgehead atoms. The molecule has 1 aromatic heterocycles. The van der Waals surface area contributed by atoms with E-state index in [-0.39, 0.29) is 18.1 Å². The van der Waals surface area contributed by atoms with Gasteiger partial charge in [-0.3, -0.25) is 4.79 Å². The zero-order chi connectivity index (χ0) is 23.8. The number of ether oxygens (including phenoxy) is 3. The maximum atomic E-state index is 13.9. The predicted molar refractivity (Wildman–Crippen MR) is 133 cm³/mol. The van der Waals surface area contributed by atoms with Crippen molar-refractivity contribution in [1.82, 2.24) is 9.88 Å². The van der Waals surface area contributed by atoms with E-state index >= 15 is 0 Å². The van der Waals surface area contributed by atoms with Gasteiger partial charge in [-0.2, -0.15) is 0 Å². The van der Waals surface area contributed by atoms with Crippen LogP contribution in [0.15, 0.2) is 42.5 Å². The van der Waals surface area contributed by atoms with Crippen LogP contribution in [0, 0.1) is 0 Å². The number of carbonyl (C=O) groups is 1. The van der Waals surface area contributed by atoms with Gasteiger partial charge in [0.15, 0.2) is 11.5 Å². The molecule has 0 radical (unpaired) electrons. The lowest BCUT2D eigenvalue weighted by Crippen LogP contribution is -2.50. The number of benzene rings is 2. The van der Waals surface area contributed by atoms with Gasteiger partial charge < -0.3 is 19.1 Å². The average Bonchev–Trinajstić information content (AvgIpc) is 3.25. The van der Waals surface area contributed by atoms with Crippen molar-refractivity contribution >= 4 is 28.5 Å². The first-order chi connectivity index (χ1) is 16.5. The van der Waals surface area contributed by atoms with Crippen molar-refractivity contribution in [2.75, 3.05) is 27.4 Å². The van der Waals surface area contributed by atoms with E-state index in [4.69, 9.17) is 19.2 Å². The highest BCUT2D eigenvalue weighted by molar-refractivity contribution is 6.09. The summed E-state index contributed by atoms with van der Waals surface area (Å²) in [5.74, 6) is 1.46. The molecule has 6 nitrogen and oxygen atoms in total. The van der Waals surface area contributed by atoms with Crippen LogP contribution >= 0.6 is 0 Å². The Morgan fingerprint density at radius 2 is 1.88 bits per heavy atom. The Balaban J connectivity index is 1.62. The van der Waals surface area contributed by atoms with Gasteiger partial charge in [-0.25, -0.2) is 4.98 Å². The van der Waals surface area contributed by atoms with Gasteiger partial charge in [0.2, 0.25) is 0 Å². The number of morpholine rings is 1. The Kier molecular flexibility index (Phi) is 6.00. The number of nitrogens with zero attached hydrogens (tertiary/aromatic N) is 2. The summed E-state index contributed by atoms with van der Waals surface area (Å²) in [6, 6.07) is 13.9. The Morgan fingerprint density at radius 3 is 2.68 bits per heavy atom. The minimum Gasteiger partial charge on any atom is -0.493 e. The molecule has 1 fully saturated rings. The van der Waals surface area contributed by atoms with Crippen molar-refractivity contribution in [1.29, 1.82) is 0 Å². The molecule has 176 valence electrons. The summed E-state index contributed by atoms with van der Waals surface area (Å²) in [6.07, 6.45) is 3.80. The maximum absolute atomic E-state index is 13.9. The Bertz CT molecular complexity index is 1280. The second kappa shape index (κ2) is 9.11. The molecule has 0 N–H and O–H groups in total. The van der Waals surface area contributed by atoms with E-state index in [0.717, 1.165) is 51.7 Å². The van der Waals surface area contributed by atoms with Crippen molar-refractivity contribution in [3.63, 3.8) is 0 Å². The number of hydrogen-bond donors (Lipinski definition) is 0. The van der Waals surface area contributed by atoms with Gasteiger partial charge in [0.1, 0.15) is 0 Å². The monoisotopic (exact) mass is 458 g/mol. The smallest absolute Gasteiger partial charge is 0.255 e. The molecule has 6 heteroatoms. The van der Waals surface area contributed by atoms with Crippen molar-refractivity contribution in [3.8, 4) is 11.5 Å². The molecule has 1 aliphatic carbocycles. The van der Waals surface area contributed by atoms with Crippen molar-refractivity contribution in [2.45, 2.75) is 38.8 Å². The molecule has 1 aliphatic heterocycles. The maximum Gasteiger partial charge on any atom is 0.255 e. The largest absolute Gasteiger partial charge is 0.493 e. The lowest BCUT2D eigenvalue weighted by Gasteiger charge is -2.37. The van der Waals surface area contributed by atoms with Crippen LogP contribution in [0.25, 0.3) is 22.6 Å². The van der Waals surface area contributed by atoms with Gasteiger partial charge in [-0.05, 0) is 67.7 Å². The van der Waals surface area contributed by atoms with Crippen LogP contribution in [-0.2, 0) is 11.2 Å². The van der Waals surface area contributed by atoms with Crippen molar-refractivity contribution in [3.05, 3.63) is 64.8 Å². The fourth-order valence-corrected chi connectivity index (χ4v) is 5.00. The van der Waals surface area contributed by atoms with Gasteiger partial charge >= 0.3 is 0 Å². The molecular weight excluding hydrogens is 428 g/mol. The molecule has 1 saturated heterocycles. The summed E-state index contributed by atoms with van der Waals surface area (Å²) < 4.78 is 16.6. The van der Waals surface area contributed by atoms with Crippen LogP contribution in [0.3, 0.4) is 0 Å². The highest BCUT2D eigenvalue weighted by Crippen LogP contribution is 2.39. The minimum absolute atomic E-state index is 0.0295. The molecular formula is C28H30N2O4. The zero-order valence-corrected chi connectivity index (χ0v) is 20.1. The summed E-state index contributed by atoms with van der Waals surface area (Å²) in [7, 11) is 3.27. The lowest BCUT2D eigenvalue weighted by molar-refractivity contribution is -0.0386. The first-order valence-electron chi connectivity index (χ1n) is 11.8. The third-order valence-electron chi connectivity index (χ3n) is 6.77. The fourth-order valence-electron chi connectivity index (χ4n) is 5.00. The number of methoxy groups -OCH3 is 2. The third kappa shape index (κ3) is 3.92. The highest BCUT2D eigenvalue weighted by Gasteiger charge is 2.33. The number of allylic oxidation sites excluding steroid dienone is 1. The van der Waals surface area contributed by atoms with Gasteiger partial charge in [0.05, 0.1) is 49.7 Å². The number of fused-ring (bicyclic) bond motifs is 2. The Morgan fingerprint density at radius 1 is 1.09 bits per heavy atom. The molecule has 2 aliphatic rings. The molecule has 2 atom stereocenters. The van der Waals surface area contributed by atoms with Crippen LogP contribution in [0.1, 0.15) is 47.4 Å². The molecule has 2 aromatic carbocycles. The lowest BCUT2D eigenvalue weighted by atomic mass is 9.98. The molecule has 2 unspecified atom stereocenters. The molecule has 2 heterocycles. The first kappa shape index (κ1) is 22.4. The quantitative estimate of drug-likeness (QED) is 0.551. The van der Waals surface area contributed by atoms with Gasteiger partial charge in [-0.15, -0.1) is 0 Å². The summed E-state index contributed by atoms with van der Waals surface area (Å²) in [6.45, 7) is 5.23. The van der Waals surface area contributed by atoms with Crippen LogP contribution in [-0.4, -0.2) is 55.3 Å². The number of amides is 1. The number of carbonyl (C=O) groups excluding carboxylic acids is 1. The molecule has 0 spiro atoms. The van der Waals surface area contributed by atoms with Crippen molar-refractivity contribution in [2.24, 2.45) is 0 Å². The van der Waals surface area contributed by atoms with Crippen LogP contribution in [0.2, 0.25) is 0 Å². The van der Waals surface area contributed by atoms with Gasteiger partial charge in [-0.1, -0.05) is 24.3 Å². The average molecular weight is 459 g/mol. The fraction of sp³-hybridized carbons (Fsp3) is 0.357. The van der Waals surface area contributed by atoms with Gasteiger partial charge in [0, 0.05) is 11.9 Å². The number of rotatable bonds is 4. The van der Waals surface area contributed by atoms with Crippen molar-refractivity contribution < 1.29 is 19.0 Å². The van der Waals surface area contributed by atoms with Crippen LogP contribution < -0.4 is 9.47 Å². The number of pyridine rings is 1. The molecule has 3 aromatic rings. The predicted octanol–water partition coefficient (Wildman–Crippen LogP) is 4.99.